The Morgan fingerprint density at radius 3 is 2.50 bits per heavy atom. The van der Waals surface area contributed by atoms with Crippen molar-refractivity contribution in [3.63, 3.8) is 0 Å². The quantitative estimate of drug-likeness (QED) is 0.704. The number of amides is 1. The molecule has 24 heavy (non-hydrogen) atoms. The van der Waals surface area contributed by atoms with Gasteiger partial charge in [0.05, 0.1) is 0 Å². The molecule has 1 fully saturated rings. The third-order valence-electron chi connectivity index (χ3n) is 4.03. The van der Waals surface area contributed by atoms with E-state index in [0.717, 1.165) is 33.8 Å². The second-order valence-electron chi connectivity index (χ2n) is 5.68. The van der Waals surface area contributed by atoms with Crippen molar-refractivity contribution in [2.75, 3.05) is 31.1 Å². The molecule has 0 aliphatic carbocycles. The summed E-state index contributed by atoms with van der Waals surface area (Å²) in [6.45, 7) is 3.07. The summed E-state index contributed by atoms with van der Waals surface area (Å²) in [6.07, 6.45) is 3.51. The van der Waals surface area contributed by atoms with E-state index in [1.807, 2.05) is 53.4 Å². The van der Waals surface area contributed by atoms with E-state index in [1.165, 1.54) is 0 Å². The van der Waals surface area contributed by atoms with Crippen LogP contribution < -0.4 is 4.90 Å². The minimum atomic E-state index is 0.0562. The number of nitrogens with zero attached hydrogens (tertiary/aromatic N) is 2. The van der Waals surface area contributed by atoms with E-state index < -0.39 is 0 Å². The lowest BCUT2D eigenvalue weighted by molar-refractivity contribution is -0.126. The number of rotatable bonds is 3. The predicted molar refractivity (Wildman–Crippen MR) is 103 cm³/mol. The third-order valence-corrected chi connectivity index (χ3v) is 4.76. The summed E-state index contributed by atoms with van der Waals surface area (Å²) in [6, 6.07) is 15.7. The highest BCUT2D eigenvalue weighted by atomic mass is 79.9. The fourth-order valence-corrected chi connectivity index (χ4v) is 3.34. The van der Waals surface area contributed by atoms with Crippen LogP contribution in [0.2, 0.25) is 5.02 Å². The molecule has 0 bridgehead atoms. The molecule has 1 amide bonds. The highest BCUT2D eigenvalue weighted by molar-refractivity contribution is 9.10. The van der Waals surface area contributed by atoms with E-state index in [1.54, 1.807) is 6.08 Å². The van der Waals surface area contributed by atoms with Crippen LogP contribution in [0.15, 0.2) is 59.1 Å². The van der Waals surface area contributed by atoms with Gasteiger partial charge in [0, 0.05) is 47.4 Å². The van der Waals surface area contributed by atoms with Crippen LogP contribution in [0.4, 0.5) is 5.69 Å². The van der Waals surface area contributed by atoms with Gasteiger partial charge in [0.25, 0.3) is 0 Å². The van der Waals surface area contributed by atoms with Crippen LogP contribution in [-0.4, -0.2) is 37.0 Å². The Morgan fingerprint density at radius 2 is 1.79 bits per heavy atom. The zero-order valence-corrected chi connectivity index (χ0v) is 15.5. The lowest BCUT2D eigenvalue weighted by atomic mass is 10.2. The maximum atomic E-state index is 12.3. The van der Waals surface area contributed by atoms with Crippen molar-refractivity contribution < 1.29 is 4.79 Å². The Hall–Kier alpha value is -1.78. The molecule has 0 saturated carbocycles. The first-order chi connectivity index (χ1) is 11.6. The van der Waals surface area contributed by atoms with Crippen molar-refractivity contribution >= 4 is 45.2 Å². The van der Waals surface area contributed by atoms with Crippen LogP contribution >= 0.6 is 27.5 Å². The number of hydrogen-bond acceptors (Lipinski definition) is 2. The van der Waals surface area contributed by atoms with Crippen LogP contribution in [0.25, 0.3) is 6.08 Å². The number of carbonyl (C=O) groups excluding carboxylic acids is 1. The highest BCUT2D eigenvalue weighted by Crippen LogP contribution is 2.21. The molecule has 3 nitrogen and oxygen atoms in total. The van der Waals surface area contributed by atoms with Gasteiger partial charge in [-0.25, -0.2) is 0 Å². The Morgan fingerprint density at radius 1 is 1.04 bits per heavy atom. The summed E-state index contributed by atoms with van der Waals surface area (Å²) in [4.78, 5) is 16.5. The van der Waals surface area contributed by atoms with Gasteiger partial charge in [-0.15, -0.1) is 0 Å². The smallest absolute Gasteiger partial charge is 0.246 e. The molecule has 1 aliphatic heterocycles. The first-order valence-corrected chi connectivity index (χ1v) is 9.02. The van der Waals surface area contributed by atoms with Crippen LogP contribution in [0.5, 0.6) is 0 Å². The van der Waals surface area contributed by atoms with Gasteiger partial charge in [-0.2, -0.15) is 0 Å². The van der Waals surface area contributed by atoms with Gasteiger partial charge in [0.2, 0.25) is 5.91 Å². The first-order valence-electron chi connectivity index (χ1n) is 7.85. The Balaban J connectivity index is 1.57. The van der Waals surface area contributed by atoms with Crippen molar-refractivity contribution in [2.45, 2.75) is 0 Å². The standard InChI is InChI=1S/C19H18BrClN2O/c20-16-4-1-3-15(13-16)7-8-19(24)23-11-9-22(10-12-23)18-6-2-5-17(21)14-18/h1-8,13-14H,9-12H2/b8-7+. The lowest BCUT2D eigenvalue weighted by Crippen LogP contribution is -2.48. The molecule has 0 radical (unpaired) electrons. The lowest BCUT2D eigenvalue weighted by Gasteiger charge is -2.35. The fourth-order valence-electron chi connectivity index (χ4n) is 2.74. The molecule has 0 atom stereocenters. The van der Waals surface area contributed by atoms with Crippen molar-refractivity contribution in [1.82, 2.24) is 4.90 Å². The maximum absolute atomic E-state index is 12.3. The zero-order chi connectivity index (χ0) is 16.9. The van der Waals surface area contributed by atoms with Gasteiger partial charge in [-0.1, -0.05) is 45.7 Å². The van der Waals surface area contributed by atoms with Crippen LogP contribution in [0.3, 0.4) is 0 Å². The molecule has 3 rings (SSSR count). The largest absolute Gasteiger partial charge is 0.368 e. The van der Waals surface area contributed by atoms with Gasteiger partial charge < -0.3 is 9.80 Å². The van der Waals surface area contributed by atoms with E-state index in [2.05, 4.69) is 26.9 Å². The van der Waals surface area contributed by atoms with Crippen LogP contribution in [0.1, 0.15) is 5.56 Å². The molecule has 0 N–H and O–H groups in total. The predicted octanol–water partition coefficient (Wildman–Crippen LogP) is 4.46. The molecule has 0 spiro atoms. The van der Waals surface area contributed by atoms with E-state index in [4.69, 9.17) is 11.6 Å². The molecule has 124 valence electrons. The minimum Gasteiger partial charge on any atom is -0.368 e. The Kier molecular flexibility index (Phi) is 5.59. The molecule has 2 aromatic carbocycles. The molecule has 1 heterocycles. The molecule has 2 aromatic rings. The average molecular weight is 406 g/mol. The Bertz CT molecular complexity index is 755. The number of anilines is 1. The second kappa shape index (κ2) is 7.86. The van der Waals surface area contributed by atoms with Gasteiger partial charge >= 0.3 is 0 Å². The van der Waals surface area contributed by atoms with E-state index >= 15 is 0 Å². The monoisotopic (exact) mass is 404 g/mol. The molecule has 5 heteroatoms. The summed E-state index contributed by atoms with van der Waals surface area (Å²) >= 11 is 9.49. The van der Waals surface area contributed by atoms with Crippen molar-refractivity contribution in [3.05, 3.63) is 69.7 Å². The number of piperazine rings is 1. The van der Waals surface area contributed by atoms with Crippen molar-refractivity contribution in [1.29, 1.82) is 0 Å². The minimum absolute atomic E-state index is 0.0562. The summed E-state index contributed by atoms with van der Waals surface area (Å²) in [5.41, 5.74) is 2.12. The molecule has 0 unspecified atom stereocenters. The van der Waals surface area contributed by atoms with Gasteiger partial charge in [0.15, 0.2) is 0 Å². The zero-order valence-electron chi connectivity index (χ0n) is 13.2. The van der Waals surface area contributed by atoms with E-state index in [-0.39, 0.29) is 5.91 Å². The average Bonchev–Trinajstić information content (AvgIpc) is 2.60. The number of halogens is 2. The SMILES string of the molecule is O=C(/C=C/c1cccc(Br)c1)N1CCN(c2cccc(Cl)c2)CC1. The van der Waals surface area contributed by atoms with Gasteiger partial charge in [0.1, 0.15) is 0 Å². The Labute approximate surface area is 155 Å². The molecule has 1 aliphatic rings. The number of benzene rings is 2. The van der Waals surface area contributed by atoms with Crippen molar-refractivity contribution in [3.8, 4) is 0 Å². The summed E-state index contributed by atoms with van der Waals surface area (Å²) < 4.78 is 1.01. The molecule has 1 saturated heterocycles. The highest BCUT2D eigenvalue weighted by Gasteiger charge is 2.19. The normalized spacial score (nSPS) is 15.1. The first kappa shape index (κ1) is 17.1. The maximum Gasteiger partial charge on any atom is 0.246 e. The summed E-state index contributed by atoms with van der Waals surface area (Å²) in [5.74, 6) is 0.0562. The fraction of sp³-hybridized carbons (Fsp3) is 0.211. The number of hydrogen-bond donors (Lipinski definition) is 0. The van der Waals surface area contributed by atoms with Gasteiger partial charge in [-0.05, 0) is 42.0 Å². The molecule has 0 aromatic heterocycles. The topological polar surface area (TPSA) is 23.6 Å². The molecular weight excluding hydrogens is 388 g/mol. The molecular formula is C19H18BrClN2O. The van der Waals surface area contributed by atoms with Crippen LogP contribution in [-0.2, 0) is 4.79 Å². The van der Waals surface area contributed by atoms with E-state index in [9.17, 15) is 4.79 Å². The summed E-state index contributed by atoms with van der Waals surface area (Å²) in [5, 5.41) is 0.739. The number of carbonyl (C=O) groups is 1. The van der Waals surface area contributed by atoms with Gasteiger partial charge in [-0.3, -0.25) is 4.79 Å². The van der Waals surface area contributed by atoms with E-state index in [0.29, 0.717) is 13.1 Å². The second-order valence-corrected chi connectivity index (χ2v) is 7.03. The third kappa shape index (κ3) is 4.40. The van der Waals surface area contributed by atoms with Crippen molar-refractivity contribution in [2.24, 2.45) is 0 Å². The summed E-state index contributed by atoms with van der Waals surface area (Å²) in [7, 11) is 0. The van der Waals surface area contributed by atoms with Crippen LogP contribution in [0, 0.1) is 0 Å².